The minimum Gasteiger partial charge on any atom is -0.487 e. The molecule has 6 nitrogen and oxygen atoms in total. The molecule has 6 heteroatoms. The molecule has 1 N–H and O–H groups in total. The highest BCUT2D eigenvalue weighted by Gasteiger charge is 2.44. The van der Waals surface area contributed by atoms with E-state index >= 15 is 0 Å². The first-order valence-corrected chi connectivity index (χ1v) is 11.9. The van der Waals surface area contributed by atoms with Gasteiger partial charge in [-0.05, 0) is 57.2 Å². The van der Waals surface area contributed by atoms with Crippen molar-refractivity contribution in [1.82, 2.24) is 10.2 Å². The fraction of sp³-hybridized carbons (Fsp3) is 0.538. The van der Waals surface area contributed by atoms with Gasteiger partial charge < -0.3 is 19.4 Å². The lowest BCUT2D eigenvalue weighted by Crippen LogP contribution is -2.52. The first-order valence-electron chi connectivity index (χ1n) is 11.9. The fourth-order valence-corrected chi connectivity index (χ4v) is 5.43. The van der Waals surface area contributed by atoms with E-state index in [9.17, 15) is 9.59 Å². The molecule has 3 aliphatic rings. The van der Waals surface area contributed by atoms with E-state index in [0.29, 0.717) is 36.9 Å². The fourth-order valence-electron chi connectivity index (χ4n) is 5.43. The van der Waals surface area contributed by atoms with Crippen LogP contribution < -0.4 is 10.1 Å². The lowest BCUT2D eigenvalue weighted by Gasteiger charge is -2.47. The quantitative estimate of drug-likeness (QED) is 0.766. The number of aryl methyl sites for hydroxylation is 2. The second-order valence-electron chi connectivity index (χ2n) is 9.74. The average molecular weight is 437 g/mol. The number of hydrogen-bond donors (Lipinski definition) is 1. The number of likely N-dealkylation sites (tertiary alicyclic amines) is 1. The van der Waals surface area contributed by atoms with Crippen LogP contribution in [0.1, 0.15) is 78.3 Å². The standard InChI is InChI=1S/C26H32N2O4/c1-17-14-22(18(2)31-17)25(30)28-12-10-26(11-13-28)16-19(15-24(29)27-20-6-5-7-20)21-8-3-4-9-23(21)32-26/h3-4,8-9,14,19-20H,5-7,10-13,15-16H2,1-2H3,(H,27,29)/t19-/m1/s1. The highest BCUT2D eigenvalue weighted by Crippen LogP contribution is 2.46. The van der Waals surface area contributed by atoms with Crippen LogP contribution in [0, 0.1) is 13.8 Å². The first kappa shape index (κ1) is 21.1. The number of carbonyl (C=O) groups excluding carboxylic acids is 2. The van der Waals surface area contributed by atoms with Gasteiger partial charge in [0.15, 0.2) is 0 Å². The van der Waals surface area contributed by atoms with Gasteiger partial charge in [0.1, 0.15) is 22.9 Å². The zero-order chi connectivity index (χ0) is 22.3. The Labute approximate surface area is 189 Å². The van der Waals surface area contributed by atoms with Crippen molar-refractivity contribution in [2.45, 2.75) is 76.4 Å². The summed E-state index contributed by atoms with van der Waals surface area (Å²) in [5.74, 6) is 2.64. The maximum Gasteiger partial charge on any atom is 0.257 e. The van der Waals surface area contributed by atoms with Crippen LogP contribution in [0.3, 0.4) is 0 Å². The third-order valence-electron chi connectivity index (χ3n) is 7.44. The topological polar surface area (TPSA) is 71.8 Å². The molecule has 2 aliphatic heterocycles. The number of carbonyl (C=O) groups is 2. The Kier molecular flexibility index (Phi) is 5.48. The summed E-state index contributed by atoms with van der Waals surface area (Å²) < 4.78 is 12.1. The SMILES string of the molecule is Cc1cc(C(=O)N2CCC3(CC2)C[C@@H](CC(=O)NC2CCC2)c2ccccc2O3)c(C)o1. The van der Waals surface area contributed by atoms with E-state index in [0.717, 1.165) is 49.2 Å². The summed E-state index contributed by atoms with van der Waals surface area (Å²) in [7, 11) is 0. The summed E-state index contributed by atoms with van der Waals surface area (Å²) in [5.41, 5.74) is 1.46. The molecule has 2 amide bonds. The molecule has 1 spiro atoms. The van der Waals surface area contributed by atoms with Crippen LogP contribution in [0.15, 0.2) is 34.7 Å². The number of nitrogens with one attached hydrogen (secondary N) is 1. The van der Waals surface area contributed by atoms with Gasteiger partial charge in [-0.15, -0.1) is 0 Å². The largest absolute Gasteiger partial charge is 0.487 e. The second kappa shape index (κ2) is 8.30. The number of ether oxygens (including phenoxy) is 1. The molecule has 5 rings (SSSR count). The summed E-state index contributed by atoms with van der Waals surface area (Å²) in [6.45, 7) is 4.99. The van der Waals surface area contributed by atoms with Gasteiger partial charge in [0, 0.05) is 44.3 Å². The lowest BCUT2D eigenvalue weighted by molar-refractivity contribution is -0.123. The molecule has 0 bridgehead atoms. The maximum atomic E-state index is 13.0. The Morgan fingerprint density at radius 1 is 1.16 bits per heavy atom. The number of fused-ring (bicyclic) bond motifs is 1. The van der Waals surface area contributed by atoms with Gasteiger partial charge in [0.05, 0.1) is 5.56 Å². The molecular formula is C26H32N2O4. The van der Waals surface area contributed by atoms with Crippen molar-refractivity contribution in [1.29, 1.82) is 0 Å². The smallest absolute Gasteiger partial charge is 0.257 e. The lowest BCUT2D eigenvalue weighted by atomic mass is 9.76. The zero-order valence-electron chi connectivity index (χ0n) is 19.0. The molecule has 1 atom stereocenters. The predicted octanol–water partition coefficient (Wildman–Crippen LogP) is 4.50. The highest BCUT2D eigenvalue weighted by molar-refractivity contribution is 5.95. The number of benzene rings is 1. The summed E-state index contributed by atoms with van der Waals surface area (Å²) >= 11 is 0. The number of piperidine rings is 1. The van der Waals surface area contributed by atoms with Crippen LogP contribution in [0.4, 0.5) is 0 Å². The molecule has 32 heavy (non-hydrogen) atoms. The molecule has 2 aromatic rings. The Morgan fingerprint density at radius 3 is 2.56 bits per heavy atom. The first-order chi connectivity index (χ1) is 15.4. The predicted molar refractivity (Wildman–Crippen MR) is 121 cm³/mol. The number of amides is 2. The van der Waals surface area contributed by atoms with Gasteiger partial charge >= 0.3 is 0 Å². The molecule has 1 saturated carbocycles. The van der Waals surface area contributed by atoms with E-state index in [-0.39, 0.29) is 23.3 Å². The Morgan fingerprint density at radius 2 is 1.91 bits per heavy atom. The molecule has 2 fully saturated rings. The van der Waals surface area contributed by atoms with Gasteiger partial charge in [-0.3, -0.25) is 9.59 Å². The molecular weight excluding hydrogens is 404 g/mol. The summed E-state index contributed by atoms with van der Waals surface area (Å²) in [6, 6.07) is 10.3. The van der Waals surface area contributed by atoms with Crippen LogP contribution in [0.2, 0.25) is 0 Å². The van der Waals surface area contributed by atoms with Gasteiger partial charge in [0.25, 0.3) is 5.91 Å². The number of para-hydroxylation sites is 1. The van der Waals surface area contributed by atoms with Crippen LogP contribution >= 0.6 is 0 Å². The van der Waals surface area contributed by atoms with E-state index < -0.39 is 0 Å². The Balaban J connectivity index is 1.29. The molecule has 1 aliphatic carbocycles. The third-order valence-corrected chi connectivity index (χ3v) is 7.44. The monoisotopic (exact) mass is 436 g/mol. The van der Waals surface area contributed by atoms with E-state index in [1.54, 1.807) is 0 Å². The molecule has 0 radical (unpaired) electrons. The van der Waals surface area contributed by atoms with Gasteiger partial charge in [-0.2, -0.15) is 0 Å². The summed E-state index contributed by atoms with van der Waals surface area (Å²) in [6.07, 6.45) is 6.25. The minimum atomic E-state index is -0.325. The van der Waals surface area contributed by atoms with E-state index in [2.05, 4.69) is 11.4 Å². The van der Waals surface area contributed by atoms with Gasteiger partial charge in [-0.25, -0.2) is 0 Å². The van der Waals surface area contributed by atoms with Crippen molar-refractivity contribution in [3.8, 4) is 5.75 Å². The van der Waals surface area contributed by atoms with Gasteiger partial charge in [0.2, 0.25) is 5.91 Å². The Bertz CT molecular complexity index is 1010. The normalized spacial score (nSPS) is 22.1. The van der Waals surface area contributed by atoms with Gasteiger partial charge in [-0.1, -0.05) is 18.2 Å². The van der Waals surface area contributed by atoms with Crippen LogP contribution in [0.5, 0.6) is 5.75 Å². The van der Waals surface area contributed by atoms with Crippen LogP contribution in [-0.4, -0.2) is 41.4 Å². The third kappa shape index (κ3) is 4.03. The van der Waals surface area contributed by atoms with Crippen molar-refractivity contribution >= 4 is 11.8 Å². The molecule has 170 valence electrons. The minimum absolute atomic E-state index is 0.0295. The molecule has 0 unspecified atom stereocenters. The van der Waals surface area contributed by atoms with E-state index in [1.807, 2.05) is 43.0 Å². The number of rotatable bonds is 4. The number of nitrogens with zero attached hydrogens (tertiary/aromatic N) is 1. The molecule has 1 saturated heterocycles. The maximum absolute atomic E-state index is 13.0. The van der Waals surface area contributed by atoms with Crippen LogP contribution in [0.25, 0.3) is 0 Å². The zero-order valence-corrected chi connectivity index (χ0v) is 19.0. The number of hydrogen-bond acceptors (Lipinski definition) is 4. The van der Waals surface area contributed by atoms with Crippen molar-refractivity contribution in [3.63, 3.8) is 0 Å². The van der Waals surface area contributed by atoms with Crippen molar-refractivity contribution in [2.24, 2.45) is 0 Å². The highest BCUT2D eigenvalue weighted by atomic mass is 16.5. The van der Waals surface area contributed by atoms with Crippen LogP contribution in [-0.2, 0) is 4.79 Å². The second-order valence-corrected chi connectivity index (χ2v) is 9.74. The molecule has 3 heterocycles. The Hall–Kier alpha value is -2.76. The van der Waals surface area contributed by atoms with E-state index in [1.165, 1.54) is 6.42 Å². The summed E-state index contributed by atoms with van der Waals surface area (Å²) in [4.78, 5) is 27.6. The molecule has 1 aromatic carbocycles. The number of furan rings is 1. The van der Waals surface area contributed by atoms with Crippen molar-refractivity contribution < 1.29 is 18.7 Å². The average Bonchev–Trinajstić information content (AvgIpc) is 3.09. The van der Waals surface area contributed by atoms with Crippen molar-refractivity contribution in [2.75, 3.05) is 13.1 Å². The summed E-state index contributed by atoms with van der Waals surface area (Å²) in [5, 5.41) is 3.19. The van der Waals surface area contributed by atoms with Crippen molar-refractivity contribution in [3.05, 3.63) is 53.0 Å². The molecule has 1 aromatic heterocycles. The van der Waals surface area contributed by atoms with E-state index in [4.69, 9.17) is 9.15 Å².